The van der Waals surface area contributed by atoms with Gasteiger partial charge in [0.1, 0.15) is 0 Å². The Morgan fingerprint density at radius 3 is 2.70 bits per heavy atom. The Balaban J connectivity index is 1.98. The van der Waals surface area contributed by atoms with Crippen LogP contribution < -0.4 is 5.73 Å². The average Bonchev–Trinajstić information content (AvgIpc) is 2.76. The molecule has 3 aromatic rings. The molecule has 3 rings (SSSR count). The number of hydrogen-bond donors (Lipinski definition) is 1. The molecule has 0 aliphatic carbocycles. The van der Waals surface area contributed by atoms with Crippen molar-refractivity contribution in [3.8, 4) is 0 Å². The Kier molecular flexibility index (Phi) is 3.36. The lowest BCUT2D eigenvalue weighted by Crippen LogP contribution is -2.09. The van der Waals surface area contributed by atoms with Gasteiger partial charge in [-0.05, 0) is 29.7 Å². The van der Waals surface area contributed by atoms with Gasteiger partial charge < -0.3 is 10.3 Å². The Labute approximate surface area is 123 Å². The fraction of sp³-hybridized carbons (Fsp3) is 0.188. The number of nitrogens with zero attached hydrogens (tertiary/aromatic N) is 2. The molecule has 102 valence electrons. The number of anilines is 1. The zero-order valence-corrected chi connectivity index (χ0v) is 12.0. The van der Waals surface area contributed by atoms with Crippen LogP contribution in [0.2, 0.25) is 5.02 Å². The van der Waals surface area contributed by atoms with Gasteiger partial charge in [0.15, 0.2) is 0 Å². The minimum Gasteiger partial charge on any atom is -0.369 e. The van der Waals surface area contributed by atoms with Gasteiger partial charge in [-0.15, -0.1) is 0 Å². The lowest BCUT2D eigenvalue weighted by molar-refractivity contribution is 0.617. The molecule has 2 aromatic carbocycles. The second-order valence-electron chi connectivity index (χ2n) is 5.03. The topological polar surface area (TPSA) is 43.8 Å². The summed E-state index contributed by atoms with van der Waals surface area (Å²) in [4.78, 5) is 4.38. The molecule has 0 radical (unpaired) electrons. The van der Waals surface area contributed by atoms with Crippen molar-refractivity contribution in [2.45, 2.75) is 19.4 Å². The van der Waals surface area contributed by atoms with Crippen LogP contribution in [0, 0.1) is 0 Å². The molecule has 0 spiro atoms. The standard InChI is InChI=1S/C16H16ClN3/c1-11(12-5-3-2-4-6-12)10-20-15-9-13(17)7-8-14(15)19-16(20)18/h2-9,11H,10H2,1H3,(H2,18,19). The van der Waals surface area contributed by atoms with Crippen LogP contribution >= 0.6 is 11.6 Å². The smallest absolute Gasteiger partial charge is 0.201 e. The number of fused-ring (bicyclic) bond motifs is 1. The summed E-state index contributed by atoms with van der Waals surface area (Å²) in [6, 6.07) is 16.0. The van der Waals surface area contributed by atoms with E-state index >= 15 is 0 Å². The second-order valence-corrected chi connectivity index (χ2v) is 5.46. The van der Waals surface area contributed by atoms with Crippen molar-refractivity contribution in [2.24, 2.45) is 0 Å². The minimum absolute atomic E-state index is 0.356. The zero-order valence-electron chi connectivity index (χ0n) is 11.3. The highest BCUT2D eigenvalue weighted by molar-refractivity contribution is 6.31. The molecule has 0 amide bonds. The molecular weight excluding hydrogens is 270 g/mol. The molecule has 3 nitrogen and oxygen atoms in total. The van der Waals surface area contributed by atoms with Gasteiger partial charge in [-0.25, -0.2) is 4.98 Å². The van der Waals surface area contributed by atoms with Gasteiger partial charge in [0.25, 0.3) is 0 Å². The zero-order chi connectivity index (χ0) is 14.1. The number of imidazole rings is 1. The summed E-state index contributed by atoms with van der Waals surface area (Å²) in [6.07, 6.45) is 0. The Bertz CT molecular complexity index is 734. The molecule has 1 aromatic heterocycles. The molecule has 2 N–H and O–H groups in total. The van der Waals surface area contributed by atoms with E-state index in [1.54, 1.807) is 0 Å². The van der Waals surface area contributed by atoms with E-state index in [9.17, 15) is 0 Å². The number of halogens is 1. The Hall–Kier alpha value is -2.00. The number of hydrogen-bond acceptors (Lipinski definition) is 2. The molecular formula is C16H16ClN3. The largest absolute Gasteiger partial charge is 0.369 e. The van der Waals surface area contributed by atoms with E-state index < -0.39 is 0 Å². The molecule has 4 heteroatoms. The third-order valence-corrected chi connectivity index (χ3v) is 3.80. The van der Waals surface area contributed by atoms with Crippen LogP contribution in [0.4, 0.5) is 5.95 Å². The van der Waals surface area contributed by atoms with E-state index in [4.69, 9.17) is 17.3 Å². The Morgan fingerprint density at radius 2 is 1.95 bits per heavy atom. The SMILES string of the molecule is CC(Cn1c(N)nc2ccc(Cl)cc21)c1ccccc1. The van der Waals surface area contributed by atoms with Crippen molar-refractivity contribution in [3.63, 3.8) is 0 Å². The fourth-order valence-corrected chi connectivity index (χ4v) is 2.63. The van der Waals surface area contributed by atoms with E-state index in [-0.39, 0.29) is 0 Å². The van der Waals surface area contributed by atoms with E-state index in [0.717, 1.165) is 17.6 Å². The van der Waals surface area contributed by atoms with Crippen molar-refractivity contribution in [1.29, 1.82) is 0 Å². The summed E-state index contributed by atoms with van der Waals surface area (Å²) < 4.78 is 2.03. The van der Waals surface area contributed by atoms with Crippen LogP contribution in [0.25, 0.3) is 11.0 Å². The number of benzene rings is 2. The third-order valence-electron chi connectivity index (χ3n) is 3.56. The second kappa shape index (κ2) is 5.17. The van der Waals surface area contributed by atoms with Gasteiger partial charge >= 0.3 is 0 Å². The summed E-state index contributed by atoms with van der Waals surface area (Å²) in [5, 5.41) is 0.700. The lowest BCUT2D eigenvalue weighted by Gasteiger charge is -2.14. The molecule has 0 bridgehead atoms. The monoisotopic (exact) mass is 285 g/mol. The summed E-state index contributed by atoms with van der Waals surface area (Å²) in [7, 11) is 0. The highest BCUT2D eigenvalue weighted by atomic mass is 35.5. The number of rotatable bonds is 3. The maximum Gasteiger partial charge on any atom is 0.201 e. The highest BCUT2D eigenvalue weighted by Crippen LogP contribution is 2.25. The molecule has 0 fully saturated rings. The number of nitrogen functional groups attached to an aromatic ring is 1. The first-order valence-corrected chi connectivity index (χ1v) is 6.99. The summed E-state index contributed by atoms with van der Waals surface area (Å²) in [5.74, 6) is 0.889. The van der Waals surface area contributed by atoms with Crippen LogP contribution in [0.1, 0.15) is 18.4 Å². The van der Waals surface area contributed by atoms with E-state index in [1.807, 2.05) is 28.8 Å². The number of nitrogens with two attached hydrogens (primary N) is 1. The van der Waals surface area contributed by atoms with Gasteiger partial charge in [0.2, 0.25) is 5.95 Å². The average molecular weight is 286 g/mol. The normalized spacial score (nSPS) is 12.7. The molecule has 0 aliphatic rings. The predicted molar refractivity (Wildman–Crippen MR) is 84.0 cm³/mol. The molecule has 1 heterocycles. The Morgan fingerprint density at radius 1 is 1.20 bits per heavy atom. The van der Waals surface area contributed by atoms with Crippen molar-refractivity contribution in [1.82, 2.24) is 9.55 Å². The first-order chi connectivity index (χ1) is 9.65. The van der Waals surface area contributed by atoms with Gasteiger partial charge in [0.05, 0.1) is 11.0 Å². The summed E-state index contributed by atoms with van der Waals surface area (Å²) in [6.45, 7) is 2.97. The summed E-state index contributed by atoms with van der Waals surface area (Å²) >= 11 is 6.07. The molecule has 0 saturated carbocycles. The quantitative estimate of drug-likeness (QED) is 0.788. The maximum atomic E-state index is 6.07. The first-order valence-electron chi connectivity index (χ1n) is 6.61. The highest BCUT2D eigenvalue weighted by Gasteiger charge is 2.12. The molecule has 1 atom stereocenters. The van der Waals surface area contributed by atoms with Gasteiger partial charge in [-0.1, -0.05) is 48.9 Å². The van der Waals surface area contributed by atoms with Crippen molar-refractivity contribution in [3.05, 3.63) is 59.1 Å². The van der Waals surface area contributed by atoms with Crippen molar-refractivity contribution >= 4 is 28.6 Å². The molecule has 1 unspecified atom stereocenters. The van der Waals surface area contributed by atoms with Crippen LogP contribution in [0.5, 0.6) is 0 Å². The van der Waals surface area contributed by atoms with Crippen molar-refractivity contribution in [2.75, 3.05) is 5.73 Å². The van der Waals surface area contributed by atoms with Gasteiger partial charge in [-0.3, -0.25) is 0 Å². The minimum atomic E-state index is 0.356. The predicted octanol–water partition coefficient (Wildman–Crippen LogP) is 4.08. The molecule has 20 heavy (non-hydrogen) atoms. The lowest BCUT2D eigenvalue weighted by atomic mass is 10.0. The van der Waals surface area contributed by atoms with Crippen LogP contribution in [-0.2, 0) is 6.54 Å². The van der Waals surface area contributed by atoms with Gasteiger partial charge in [0, 0.05) is 11.6 Å². The first kappa shape index (κ1) is 13.0. The molecule has 0 saturated heterocycles. The van der Waals surface area contributed by atoms with Crippen LogP contribution in [0.15, 0.2) is 48.5 Å². The van der Waals surface area contributed by atoms with Crippen LogP contribution in [0.3, 0.4) is 0 Å². The maximum absolute atomic E-state index is 6.07. The van der Waals surface area contributed by atoms with Gasteiger partial charge in [-0.2, -0.15) is 0 Å². The third kappa shape index (κ3) is 2.37. The summed E-state index contributed by atoms with van der Waals surface area (Å²) in [5.41, 5.74) is 9.19. The molecule has 0 aliphatic heterocycles. The van der Waals surface area contributed by atoms with E-state index in [0.29, 0.717) is 16.9 Å². The number of aromatic nitrogens is 2. The van der Waals surface area contributed by atoms with E-state index in [1.165, 1.54) is 5.56 Å². The van der Waals surface area contributed by atoms with E-state index in [2.05, 4.69) is 36.2 Å². The van der Waals surface area contributed by atoms with Crippen molar-refractivity contribution < 1.29 is 0 Å². The van der Waals surface area contributed by atoms with Crippen LogP contribution in [-0.4, -0.2) is 9.55 Å². The fourth-order valence-electron chi connectivity index (χ4n) is 2.47.